The van der Waals surface area contributed by atoms with Gasteiger partial charge in [-0.1, -0.05) is 12.1 Å². The molecule has 6 rings (SSSR count). The van der Waals surface area contributed by atoms with Crippen LogP contribution >= 0.6 is 11.3 Å². The second kappa shape index (κ2) is 8.67. The molecule has 0 spiro atoms. The average Bonchev–Trinajstić information content (AvgIpc) is 3.55. The number of carbonyl (C=O) groups excluding carboxylic acids is 1. The van der Waals surface area contributed by atoms with Crippen LogP contribution in [-0.4, -0.2) is 69.5 Å². The van der Waals surface area contributed by atoms with Crippen LogP contribution in [-0.2, 0) is 10.0 Å². The molecule has 1 amide bonds. The van der Waals surface area contributed by atoms with Gasteiger partial charge < -0.3 is 19.7 Å². The summed E-state index contributed by atoms with van der Waals surface area (Å²) in [5.74, 6) is 1.55. The van der Waals surface area contributed by atoms with Crippen LogP contribution in [0.15, 0.2) is 63.2 Å². The number of benzene rings is 2. The molecule has 0 unspecified atom stereocenters. The van der Waals surface area contributed by atoms with Crippen LogP contribution in [0.25, 0.3) is 10.4 Å². The van der Waals surface area contributed by atoms with Crippen molar-refractivity contribution in [3.05, 3.63) is 59.5 Å². The van der Waals surface area contributed by atoms with E-state index >= 15 is 0 Å². The number of sulfonamides is 1. The van der Waals surface area contributed by atoms with Gasteiger partial charge in [-0.2, -0.15) is 8.42 Å². The van der Waals surface area contributed by atoms with Crippen molar-refractivity contribution in [3.63, 3.8) is 0 Å². The molecule has 1 aromatic heterocycles. The van der Waals surface area contributed by atoms with Crippen LogP contribution in [0.4, 0.5) is 5.69 Å². The molecule has 11 heteroatoms. The summed E-state index contributed by atoms with van der Waals surface area (Å²) in [5, 5.41) is 5.14. The van der Waals surface area contributed by atoms with Crippen LogP contribution in [0.2, 0.25) is 0 Å². The molecule has 35 heavy (non-hydrogen) atoms. The van der Waals surface area contributed by atoms with E-state index in [1.165, 1.54) is 0 Å². The molecular formula is C24H22N4O5S2. The normalized spacial score (nSPS) is 18.5. The summed E-state index contributed by atoms with van der Waals surface area (Å²) in [6, 6.07) is 14.5. The zero-order valence-corrected chi connectivity index (χ0v) is 20.3. The summed E-state index contributed by atoms with van der Waals surface area (Å²) >= 11 is 1.56. The number of nitrogens with zero attached hydrogens (tertiary/aromatic N) is 3. The minimum Gasteiger partial charge on any atom is -0.454 e. The topological polar surface area (TPSA) is 101 Å². The number of piperazine rings is 1. The van der Waals surface area contributed by atoms with E-state index in [4.69, 9.17) is 9.47 Å². The predicted molar refractivity (Wildman–Crippen MR) is 133 cm³/mol. The lowest BCUT2D eigenvalue weighted by molar-refractivity contribution is 0.0654. The van der Waals surface area contributed by atoms with E-state index in [9.17, 15) is 13.2 Å². The number of hydrogen-bond acceptors (Lipinski definition) is 8. The minimum atomic E-state index is -3.80. The highest BCUT2D eigenvalue weighted by Gasteiger charge is 2.29. The molecule has 3 aliphatic heterocycles. The predicted octanol–water partition coefficient (Wildman–Crippen LogP) is 3.11. The van der Waals surface area contributed by atoms with E-state index in [1.807, 2.05) is 23.6 Å². The quantitative estimate of drug-likeness (QED) is 0.576. The second-order valence-corrected chi connectivity index (χ2v) is 11.0. The number of hydrogen-bond donors (Lipinski definition) is 1. The maximum absolute atomic E-state index is 12.9. The Hall–Kier alpha value is -3.41. The SMILES string of the molecule is O=C(c1ccc2c(c1)OCO2)N1CCN(CC2=NS(=O)(=O)c3cc(-c4cccs4)ccc3N2)CC1. The first kappa shape index (κ1) is 22.1. The summed E-state index contributed by atoms with van der Waals surface area (Å²) in [6.07, 6.45) is 0. The summed E-state index contributed by atoms with van der Waals surface area (Å²) in [5.41, 5.74) is 1.95. The molecule has 4 heterocycles. The lowest BCUT2D eigenvalue weighted by atomic mass is 10.1. The smallest absolute Gasteiger partial charge is 0.286 e. The van der Waals surface area contributed by atoms with Gasteiger partial charge in [0, 0.05) is 36.6 Å². The number of carbonyl (C=O) groups is 1. The van der Waals surface area contributed by atoms with Gasteiger partial charge in [0.1, 0.15) is 10.7 Å². The molecule has 0 saturated carbocycles. The van der Waals surface area contributed by atoms with Crippen molar-refractivity contribution >= 4 is 38.8 Å². The molecule has 2 aromatic carbocycles. The Morgan fingerprint density at radius 2 is 1.86 bits per heavy atom. The summed E-state index contributed by atoms with van der Waals surface area (Å²) < 4.78 is 40.5. The number of amidine groups is 1. The van der Waals surface area contributed by atoms with E-state index in [0.29, 0.717) is 61.3 Å². The Morgan fingerprint density at radius 1 is 1.03 bits per heavy atom. The molecule has 3 aromatic rings. The molecule has 0 bridgehead atoms. The van der Waals surface area contributed by atoms with Crippen molar-refractivity contribution in [3.8, 4) is 21.9 Å². The van der Waals surface area contributed by atoms with E-state index in [-0.39, 0.29) is 17.6 Å². The van der Waals surface area contributed by atoms with Crippen LogP contribution in [0, 0.1) is 0 Å². The first-order valence-corrected chi connectivity index (χ1v) is 13.5. The first-order valence-electron chi connectivity index (χ1n) is 11.2. The molecule has 0 atom stereocenters. The highest BCUT2D eigenvalue weighted by molar-refractivity contribution is 7.90. The van der Waals surface area contributed by atoms with Crippen molar-refractivity contribution in [1.82, 2.24) is 9.80 Å². The highest BCUT2D eigenvalue weighted by atomic mass is 32.2. The van der Waals surface area contributed by atoms with Gasteiger partial charge in [0.15, 0.2) is 11.5 Å². The maximum Gasteiger partial charge on any atom is 0.286 e. The minimum absolute atomic E-state index is 0.0610. The van der Waals surface area contributed by atoms with E-state index in [2.05, 4.69) is 14.6 Å². The molecule has 0 aliphatic carbocycles. The van der Waals surface area contributed by atoms with Gasteiger partial charge in [-0.3, -0.25) is 9.69 Å². The second-order valence-electron chi connectivity index (χ2n) is 8.46. The third kappa shape index (κ3) is 4.26. The van der Waals surface area contributed by atoms with Crippen LogP contribution < -0.4 is 14.8 Å². The van der Waals surface area contributed by atoms with Gasteiger partial charge in [-0.15, -0.1) is 15.7 Å². The van der Waals surface area contributed by atoms with Gasteiger partial charge in [-0.05, 0) is 47.3 Å². The number of ether oxygens (including phenoxy) is 2. The van der Waals surface area contributed by atoms with Gasteiger partial charge in [-0.25, -0.2) is 0 Å². The fraction of sp³-hybridized carbons (Fsp3) is 0.250. The Labute approximate surface area is 206 Å². The van der Waals surface area contributed by atoms with Crippen molar-refractivity contribution < 1.29 is 22.7 Å². The van der Waals surface area contributed by atoms with E-state index in [0.717, 1.165) is 10.4 Å². The number of rotatable bonds is 4. The molecule has 9 nitrogen and oxygen atoms in total. The molecule has 1 fully saturated rings. The van der Waals surface area contributed by atoms with Crippen molar-refractivity contribution in [1.29, 1.82) is 0 Å². The Balaban J connectivity index is 1.11. The Kier molecular flexibility index (Phi) is 5.47. The summed E-state index contributed by atoms with van der Waals surface area (Å²) in [7, 11) is -3.80. The number of thiophene rings is 1. The zero-order chi connectivity index (χ0) is 24.0. The van der Waals surface area contributed by atoms with E-state index in [1.54, 1.807) is 46.6 Å². The lowest BCUT2D eigenvalue weighted by Gasteiger charge is -2.35. The number of fused-ring (bicyclic) bond motifs is 2. The Bertz CT molecular complexity index is 1430. The van der Waals surface area contributed by atoms with E-state index < -0.39 is 10.0 Å². The van der Waals surface area contributed by atoms with Crippen LogP contribution in [0.5, 0.6) is 11.5 Å². The molecule has 1 N–H and O–H groups in total. The summed E-state index contributed by atoms with van der Waals surface area (Å²) in [6.45, 7) is 2.82. The zero-order valence-electron chi connectivity index (χ0n) is 18.6. The fourth-order valence-corrected chi connectivity index (χ4v) is 6.30. The third-order valence-electron chi connectivity index (χ3n) is 6.23. The lowest BCUT2D eigenvalue weighted by Crippen LogP contribution is -2.50. The molecule has 3 aliphatic rings. The third-order valence-corrected chi connectivity index (χ3v) is 8.50. The van der Waals surface area contributed by atoms with Crippen molar-refractivity contribution in [2.24, 2.45) is 4.40 Å². The van der Waals surface area contributed by atoms with Crippen LogP contribution in [0.1, 0.15) is 10.4 Å². The largest absolute Gasteiger partial charge is 0.454 e. The maximum atomic E-state index is 12.9. The number of anilines is 1. The number of amides is 1. The van der Waals surface area contributed by atoms with Gasteiger partial charge in [0.2, 0.25) is 6.79 Å². The van der Waals surface area contributed by atoms with Crippen molar-refractivity contribution in [2.75, 3.05) is 44.8 Å². The molecular weight excluding hydrogens is 488 g/mol. The van der Waals surface area contributed by atoms with Gasteiger partial charge in [0.25, 0.3) is 15.9 Å². The van der Waals surface area contributed by atoms with Gasteiger partial charge in [0.05, 0.1) is 12.2 Å². The highest BCUT2D eigenvalue weighted by Crippen LogP contribution is 2.34. The fourth-order valence-electron chi connectivity index (χ4n) is 4.41. The average molecular weight is 511 g/mol. The molecule has 0 radical (unpaired) electrons. The molecule has 1 saturated heterocycles. The first-order chi connectivity index (χ1) is 17.0. The molecule has 180 valence electrons. The standard InChI is InChI=1S/C24H22N4O5S2/c29-24(17-4-6-19-20(12-17)33-15-32-19)28-9-7-27(8-10-28)14-23-25-18-5-3-16(21-2-1-11-34-21)13-22(18)35(30,31)26-23/h1-6,11-13H,7-10,14-15H2,(H,25,26). The van der Waals surface area contributed by atoms with Gasteiger partial charge >= 0.3 is 0 Å². The van der Waals surface area contributed by atoms with Crippen molar-refractivity contribution in [2.45, 2.75) is 4.90 Å². The monoisotopic (exact) mass is 510 g/mol. The van der Waals surface area contributed by atoms with Crippen LogP contribution in [0.3, 0.4) is 0 Å². The Morgan fingerprint density at radius 3 is 2.66 bits per heavy atom. The number of nitrogens with one attached hydrogen (secondary N) is 1. The summed E-state index contributed by atoms with van der Waals surface area (Å²) in [4.78, 5) is 18.0.